The van der Waals surface area contributed by atoms with Crippen molar-refractivity contribution < 1.29 is 18.7 Å². The molecule has 0 fully saturated rings. The lowest BCUT2D eigenvalue weighted by atomic mass is 10.1. The van der Waals surface area contributed by atoms with Crippen LogP contribution in [0.1, 0.15) is 28.4 Å². The number of rotatable bonds is 7. The molecule has 10 heteroatoms. The molecule has 6 rings (SSSR count). The van der Waals surface area contributed by atoms with Gasteiger partial charge in [-0.15, -0.1) is 0 Å². The molecule has 0 aliphatic heterocycles. The van der Waals surface area contributed by atoms with Crippen LogP contribution in [0.5, 0.6) is 0 Å². The average molecular weight is 521 g/mol. The number of hydrogen-bond acceptors (Lipinski definition) is 6. The molecule has 6 aromatic rings. The van der Waals surface area contributed by atoms with Crippen molar-refractivity contribution in [2.45, 2.75) is 12.5 Å². The van der Waals surface area contributed by atoms with Gasteiger partial charge in [0.05, 0.1) is 23.0 Å². The summed E-state index contributed by atoms with van der Waals surface area (Å²) in [6.45, 7) is 0. The molecule has 0 saturated heterocycles. The zero-order chi connectivity index (χ0) is 26.8. The summed E-state index contributed by atoms with van der Waals surface area (Å²) >= 11 is 0. The lowest BCUT2D eigenvalue weighted by Gasteiger charge is -2.18. The molecule has 0 radical (unpaired) electrons. The maximum atomic E-state index is 14.6. The summed E-state index contributed by atoms with van der Waals surface area (Å²) in [5.41, 5.74) is 2.22. The summed E-state index contributed by atoms with van der Waals surface area (Å²) < 4.78 is 20.3. The molecule has 0 saturated carbocycles. The number of imidazole rings is 2. The third kappa shape index (κ3) is 5.08. The third-order valence-corrected chi connectivity index (χ3v) is 6.22. The van der Waals surface area contributed by atoms with Crippen molar-refractivity contribution in [2.75, 3.05) is 5.32 Å². The Balaban J connectivity index is 1.25. The van der Waals surface area contributed by atoms with Gasteiger partial charge in [-0.25, -0.2) is 19.2 Å². The topological polar surface area (TPSA) is 126 Å². The first-order valence-corrected chi connectivity index (χ1v) is 12.1. The molecule has 3 aromatic carbocycles. The van der Waals surface area contributed by atoms with Gasteiger partial charge in [-0.05, 0) is 35.7 Å². The molecule has 1 unspecified atom stereocenters. The molecule has 0 aliphatic rings. The standard InChI is InChI=1S/C29H21FN6O3/c30-21-8-4-3-7-20(21)25(15-26(37)36-29-31-11-12-32-29)39-28(38)18-9-10-22-23(14-18)35-27(34-22)24-13-17-5-1-2-6-19(17)16-33-24/h1-14,16,25H,15H2,(H,34,35)(H2,31,32,36,37). The molecule has 1 atom stereocenters. The molecule has 0 spiro atoms. The summed E-state index contributed by atoms with van der Waals surface area (Å²) in [7, 11) is 0. The van der Waals surface area contributed by atoms with Crippen LogP contribution in [0, 0.1) is 5.82 Å². The molecule has 39 heavy (non-hydrogen) atoms. The van der Waals surface area contributed by atoms with Crippen LogP contribution < -0.4 is 5.32 Å². The first-order chi connectivity index (χ1) is 19.0. The van der Waals surface area contributed by atoms with E-state index in [0.29, 0.717) is 22.6 Å². The predicted octanol–water partition coefficient (Wildman–Crippen LogP) is 5.57. The van der Waals surface area contributed by atoms with Crippen LogP contribution in [0.25, 0.3) is 33.3 Å². The number of anilines is 1. The lowest BCUT2D eigenvalue weighted by Crippen LogP contribution is -2.21. The Morgan fingerprint density at radius 1 is 0.974 bits per heavy atom. The number of hydrogen-bond donors (Lipinski definition) is 3. The highest BCUT2D eigenvalue weighted by Gasteiger charge is 2.25. The molecular formula is C29H21FN6O3. The van der Waals surface area contributed by atoms with E-state index in [-0.39, 0.29) is 23.5 Å². The SMILES string of the molecule is O=C(CC(OC(=O)c1ccc2nc(-c3cc4ccccc4cn3)[nH]c2c1)c1ccccc1F)Nc1ncc[nH]1. The number of pyridine rings is 1. The minimum absolute atomic E-state index is 0.0905. The second kappa shape index (κ2) is 10.2. The number of carbonyl (C=O) groups excluding carboxylic acids is 2. The van der Waals surface area contributed by atoms with Gasteiger partial charge in [-0.2, -0.15) is 0 Å². The third-order valence-electron chi connectivity index (χ3n) is 6.22. The van der Waals surface area contributed by atoms with Crippen LogP contribution in [0.3, 0.4) is 0 Å². The minimum atomic E-state index is -1.16. The summed E-state index contributed by atoms with van der Waals surface area (Å²) in [5, 5.41) is 4.62. The maximum absolute atomic E-state index is 14.6. The van der Waals surface area contributed by atoms with E-state index in [9.17, 15) is 14.0 Å². The Morgan fingerprint density at radius 3 is 2.62 bits per heavy atom. The molecule has 192 valence electrons. The van der Waals surface area contributed by atoms with Gasteiger partial charge in [0.1, 0.15) is 17.6 Å². The van der Waals surface area contributed by atoms with Gasteiger partial charge in [0.2, 0.25) is 11.9 Å². The van der Waals surface area contributed by atoms with Crippen LogP contribution in [0.15, 0.2) is 91.4 Å². The number of fused-ring (bicyclic) bond motifs is 2. The van der Waals surface area contributed by atoms with Gasteiger partial charge in [0.15, 0.2) is 5.82 Å². The fourth-order valence-electron chi connectivity index (χ4n) is 4.30. The Bertz CT molecular complexity index is 1820. The van der Waals surface area contributed by atoms with Crippen LogP contribution in [-0.2, 0) is 9.53 Å². The minimum Gasteiger partial charge on any atom is -0.453 e. The molecule has 3 aromatic heterocycles. The van der Waals surface area contributed by atoms with E-state index in [1.54, 1.807) is 36.7 Å². The first-order valence-electron chi connectivity index (χ1n) is 12.1. The second-order valence-corrected chi connectivity index (χ2v) is 8.84. The number of aromatic nitrogens is 5. The zero-order valence-corrected chi connectivity index (χ0v) is 20.4. The van der Waals surface area contributed by atoms with E-state index in [1.165, 1.54) is 24.4 Å². The van der Waals surface area contributed by atoms with Gasteiger partial charge >= 0.3 is 5.97 Å². The van der Waals surface area contributed by atoms with Crippen molar-refractivity contribution in [3.8, 4) is 11.5 Å². The van der Waals surface area contributed by atoms with Gasteiger partial charge < -0.3 is 14.7 Å². The molecule has 3 N–H and O–H groups in total. The lowest BCUT2D eigenvalue weighted by molar-refractivity contribution is -0.118. The number of esters is 1. The molecule has 9 nitrogen and oxygen atoms in total. The highest BCUT2D eigenvalue weighted by Crippen LogP contribution is 2.27. The number of carbonyl (C=O) groups is 2. The average Bonchev–Trinajstić information content (AvgIpc) is 3.62. The molecule has 0 bridgehead atoms. The van der Waals surface area contributed by atoms with E-state index in [2.05, 4.69) is 30.2 Å². The number of nitrogens with one attached hydrogen (secondary N) is 3. The van der Waals surface area contributed by atoms with Crippen LogP contribution >= 0.6 is 0 Å². The van der Waals surface area contributed by atoms with Crippen molar-refractivity contribution >= 4 is 39.6 Å². The summed E-state index contributed by atoms with van der Waals surface area (Å²) in [5.74, 6) is -1.00. The van der Waals surface area contributed by atoms with Crippen LogP contribution in [-0.4, -0.2) is 36.8 Å². The van der Waals surface area contributed by atoms with Gasteiger partial charge in [0.25, 0.3) is 0 Å². The summed E-state index contributed by atoms with van der Waals surface area (Å²) in [6.07, 6.45) is 3.35. The highest BCUT2D eigenvalue weighted by atomic mass is 19.1. The van der Waals surface area contributed by atoms with Crippen molar-refractivity contribution in [1.29, 1.82) is 0 Å². The quantitative estimate of drug-likeness (QED) is 0.236. The Labute approximate surface area is 221 Å². The van der Waals surface area contributed by atoms with Crippen molar-refractivity contribution in [3.05, 3.63) is 108 Å². The van der Waals surface area contributed by atoms with Crippen LogP contribution in [0.2, 0.25) is 0 Å². The van der Waals surface area contributed by atoms with E-state index in [4.69, 9.17) is 4.74 Å². The maximum Gasteiger partial charge on any atom is 0.338 e. The van der Waals surface area contributed by atoms with Crippen molar-refractivity contribution in [1.82, 2.24) is 24.9 Å². The Hall–Kier alpha value is -5.38. The number of halogens is 1. The number of amides is 1. The number of H-pyrrole nitrogens is 2. The monoisotopic (exact) mass is 520 g/mol. The van der Waals surface area contributed by atoms with Crippen LogP contribution in [0.4, 0.5) is 10.3 Å². The van der Waals surface area contributed by atoms with Crippen molar-refractivity contribution in [3.63, 3.8) is 0 Å². The van der Waals surface area contributed by atoms with Crippen molar-refractivity contribution in [2.24, 2.45) is 0 Å². The van der Waals surface area contributed by atoms with E-state index in [1.807, 2.05) is 30.3 Å². The largest absolute Gasteiger partial charge is 0.453 e. The molecule has 0 aliphatic carbocycles. The summed E-state index contributed by atoms with van der Waals surface area (Å²) in [4.78, 5) is 44.8. The Kier molecular flexibility index (Phi) is 6.26. The predicted molar refractivity (Wildman–Crippen MR) is 143 cm³/mol. The van der Waals surface area contributed by atoms with E-state index >= 15 is 0 Å². The van der Waals surface area contributed by atoms with Gasteiger partial charge in [0, 0.05) is 29.5 Å². The second-order valence-electron chi connectivity index (χ2n) is 8.84. The smallest absolute Gasteiger partial charge is 0.338 e. The van der Waals surface area contributed by atoms with Gasteiger partial charge in [-0.1, -0.05) is 42.5 Å². The molecular weight excluding hydrogens is 499 g/mol. The summed E-state index contributed by atoms with van der Waals surface area (Å²) in [6, 6.07) is 20.6. The van der Waals surface area contributed by atoms with Gasteiger partial charge in [-0.3, -0.25) is 15.1 Å². The molecule has 3 heterocycles. The first kappa shape index (κ1) is 24.0. The molecule has 1 amide bonds. The normalized spacial score (nSPS) is 11.9. The number of aromatic amines is 2. The van der Waals surface area contributed by atoms with E-state index < -0.39 is 23.8 Å². The van der Waals surface area contributed by atoms with E-state index in [0.717, 1.165) is 10.8 Å². The number of benzene rings is 3. The fourth-order valence-corrected chi connectivity index (χ4v) is 4.30. The number of nitrogens with zero attached hydrogens (tertiary/aromatic N) is 3. The zero-order valence-electron chi connectivity index (χ0n) is 20.4. The number of ether oxygens (including phenoxy) is 1. The highest BCUT2D eigenvalue weighted by molar-refractivity contribution is 5.95. The Morgan fingerprint density at radius 2 is 1.79 bits per heavy atom. The fraction of sp³-hybridized carbons (Fsp3) is 0.0690.